The molecule has 1 aliphatic heterocycles. The lowest BCUT2D eigenvalue weighted by Crippen LogP contribution is -2.42. The van der Waals surface area contributed by atoms with Gasteiger partial charge in [-0.15, -0.1) is 6.58 Å². The van der Waals surface area contributed by atoms with Crippen molar-refractivity contribution >= 4 is 33.3 Å². The van der Waals surface area contributed by atoms with E-state index in [-0.39, 0.29) is 18.7 Å². The molecule has 6 nitrogen and oxygen atoms in total. The second-order valence-electron chi connectivity index (χ2n) is 6.14. The fourth-order valence-electron chi connectivity index (χ4n) is 3.29. The topological polar surface area (TPSA) is 86.3 Å². The molecule has 1 aliphatic rings. The number of hydrogen-bond acceptors (Lipinski definition) is 4. The van der Waals surface area contributed by atoms with Crippen molar-refractivity contribution in [1.82, 2.24) is 10.2 Å². The Hall–Kier alpha value is -2.25. The quantitative estimate of drug-likeness (QED) is 0.593. The summed E-state index contributed by atoms with van der Waals surface area (Å²) in [6.07, 6.45) is 1.24. The van der Waals surface area contributed by atoms with Gasteiger partial charge < -0.3 is 10.0 Å². The number of Topliss-reactive ketones (excluding diaryl/α,β-unsaturated/α-hetero) is 1. The molecule has 1 aromatic carbocycles. The highest BCUT2D eigenvalue weighted by atomic mass is 79.9. The molecule has 0 saturated carbocycles. The van der Waals surface area contributed by atoms with Crippen molar-refractivity contribution in [2.24, 2.45) is 0 Å². The van der Waals surface area contributed by atoms with Crippen LogP contribution >= 0.6 is 15.9 Å². The highest BCUT2D eigenvalue weighted by molar-refractivity contribution is 9.10. The number of benzene rings is 1. The van der Waals surface area contributed by atoms with E-state index in [1.54, 1.807) is 38.1 Å². The summed E-state index contributed by atoms with van der Waals surface area (Å²) in [5.74, 6) is -0.848. The zero-order valence-corrected chi connectivity index (χ0v) is 15.6. The van der Waals surface area contributed by atoms with Crippen LogP contribution in [0.25, 0.3) is 0 Å². The average molecular weight is 404 g/mol. The number of aliphatic hydroxyl groups is 1. The van der Waals surface area contributed by atoms with Gasteiger partial charge in [0.25, 0.3) is 5.91 Å². The fourth-order valence-corrected chi connectivity index (χ4v) is 3.65. The first-order valence-electron chi connectivity index (χ1n) is 7.79. The molecule has 7 heteroatoms. The summed E-state index contributed by atoms with van der Waals surface area (Å²) in [7, 11) is 0. The van der Waals surface area contributed by atoms with Gasteiger partial charge in [-0.2, -0.15) is 5.10 Å². The molecule has 1 aromatic heterocycles. The summed E-state index contributed by atoms with van der Waals surface area (Å²) in [5.41, 5.74) is 0.683. The summed E-state index contributed by atoms with van der Waals surface area (Å²) in [6, 6.07) is 5.22. The van der Waals surface area contributed by atoms with Crippen LogP contribution in [0.2, 0.25) is 0 Å². The second-order valence-corrected chi connectivity index (χ2v) is 7.05. The maximum atomic E-state index is 12.9. The van der Waals surface area contributed by atoms with Crippen LogP contribution in [0.3, 0.4) is 0 Å². The molecule has 1 atom stereocenters. The number of nitrogens with zero attached hydrogens (tertiary/aromatic N) is 2. The summed E-state index contributed by atoms with van der Waals surface area (Å²) in [4.78, 5) is 27.1. The minimum absolute atomic E-state index is 0.258. The number of aromatic amines is 1. The van der Waals surface area contributed by atoms with E-state index in [4.69, 9.17) is 0 Å². The number of carbonyl (C=O) groups excluding carboxylic acids is 2. The number of aryl methyl sites for hydroxylation is 2. The number of anilines is 1. The number of nitrogens with one attached hydrogen (secondary N) is 1. The Kier molecular flexibility index (Phi) is 4.38. The summed E-state index contributed by atoms with van der Waals surface area (Å²) >= 11 is 3.36. The summed E-state index contributed by atoms with van der Waals surface area (Å²) in [6.45, 7) is 7.37. The van der Waals surface area contributed by atoms with E-state index in [1.165, 1.54) is 4.90 Å². The van der Waals surface area contributed by atoms with Crippen molar-refractivity contribution in [1.29, 1.82) is 0 Å². The lowest BCUT2D eigenvalue weighted by Gasteiger charge is -2.22. The Morgan fingerprint density at radius 3 is 2.80 bits per heavy atom. The van der Waals surface area contributed by atoms with Crippen LogP contribution in [-0.4, -0.2) is 33.5 Å². The van der Waals surface area contributed by atoms with E-state index in [2.05, 4.69) is 32.7 Å². The van der Waals surface area contributed by atoms with Crippen LogP contribution < -0.4 is 4.90 Å². The number of ketones is 1. The molecule has 0 unspecified atom stereocenters. The van der Waals surface area contributed by atoms with E-state index in [0.717, 1.165) is 4.47 Å². The summed E-state index contributed by atoms with van der Waals surface area (Å²) in [5, 5.41) is 18.0. The van der Waals surface area contributed by atoms with E-state index in [9.17, 15) is 14.7 Å². The minimum Gasteiger partial charge on any atom is -0.375 e. The molecule has 2 heterocycles. The van der Waals surface area contributed by atoms with E-state index < -0.39 is 11.5 Å². The van der Waals surface area contributed by atoms with Crippen LogP contribution in [0.1, 0.15) is 33.7 Å². The fraction of sp³-hybridized carbons (Fsp3) is 0.278. The minimum atomic E-state index is -1.91. The highest BCUT2D eigenvalue weighted by Crippen LogP contribution is 2.44. The first kappa shape index (κ1) is 17.6. The molecule has 25 heavy (non-hydrogen) atoms. The average Bonchev–Trinajstić information content (AvgIpc) is 2.99. The molecule has 0 bridgehead atoms. The number of carbonyl (C=O) groups is 2. The third-order valence-electron chi connectivity index (χ3n) is 4.43. The van der Waals surface area contributed by atoms with Gasteiger partial charge in [-0.3, -0.25) is 14.7 Å². The van der Waals surface area contributed by atoms with Crippen molar-refractivity contribution in [3.63, 3.8) is 0 Å². The number of hydrogen-bond donors (Lipinski definition) is 2. The van der Waals surface area contributed by atoms with E-state index >= 15 is 0 Å². The molecule has 0 saturated heterocycles. The maximum Gasteiger partial charge on any atom is 0.264 e. The lowest BCUT2D eigenvalue weighted by molar-refractivity contribution is -0.135. The standard InChI is InChI=1S/C18H18BrN3O3/c1-4-7-22-14-6-5-12(19)8-13(14)18(25,17(22)24)9-15(23)16-10(2)20-21-11(16)3/h4-6,8,25H,1,7,9H2,2-3H3,(H,20,21)/t18-/m0/s1. The van der Waals surface area contributed by atoms with Gasteiger partial charge in [0.2, 0.25) is 0 Å². The molecule has 0 aliphatic carbocycles. The first-order valence-corrected chi connectivity index (χ1v) is 8.59. The number of H-pyrrole nitrogens is 1. The SMILES string of the molecule is C=CCN1C(=O)[C@](O)(CC(=O)c2c(C)n[nH]c2C)c2cc(Br)ccc21. The molecular weight excluding hydrogens is 386 g/mol. The van der Waals surface area contributed by atoms with Crippen molar-refractivity contribution in [3.05, 3.63) is 57.8 Å². The molecular formula is C18H18BrN3O3. The number of aromatic nitrogens is 2. The van der Waals surface area contributed by atoms with E-state index in [1.807, 2.05) is 0 Å². The van der Waals surface area contributed by atoms with Gasteiger partial charge in [-0.1, -0.05) is 22.0 Å². The zero-order valence-electron chi connectivity index (χ0n) is 14.0. The second kappa shape index (κ2) is 6.24. The van der Waals surface area contributed by atoms with Gasteiger partial charge in [0.15, 0.2) is 11.4 Å². The lowest BCUT2D eigenvalue weighted by atomic mass is 9.87. The monoisotopic (exact) mass is 403 g/mol. The van der Waals surface area contributed by atoms with Crippen LogP contribution in [0, 0.1) is 13.8 Å². The van der Waals surface area contributed by atoms with Gasteiger partial charge >= 0.3 is 0 Å². The largest absolute Gasteiger partial charge is 0.375 e. The normalized spacial score (nSPS) is 19.2. The number of rotatable bonds is 5. The third kappa shape index (κ3) is 2.73. The Bertz CT molecular complexity index is 870. The first-order chi connectivity index (χ1) is 11.8. The van der Waals surface area contributed by atoms with Gasteiger partial charge in [0.05, 0.1) is 23.4 Å². The molecule has 2 N–H and O–H groups in total. The van der Waals surface area contributed by atoms with Crippen molar-refractivity contribution in [3.8, 4) is 0 Å². The van der Waals surface area contributed by atoms with Crippen molar-refractivity contribution in [2.45, 2.75) is 25.9 Å². The Morgan fingerprint density at radius 2 is 2.20 bits per heavy atom. The predicted molar refractivity (Wildman–Crippen MR) is 97.6 cm³/mol. The van der Waals surface area contributed by atoms with Crippen LogP contribution in [-0.2, 0) is 10.4 Å². The number of amides is 1. The molecule has 1 amide bonds. The smallest absolute Gasteiger partial charge is 0.264 e. The molecule has 0 spiro atoms. The van der Waals surface area contributed by atoms with Gasteiger partial charge in [-0.05, 0) is 32.0 Å². The number of fused-ring (bicyclic) bond motifs is 1. The van der Waals surface area contributed by atoms with Gasteiger partial charge in [-0.25, -0.2) is 0 Å². The molecule has 2 aromatic rings. The zero-order chi connectivity index (χ0) is 18.4. The Morgan fingerprint density at radius 1 is 1.48 bits per heavy atom. The van der Waals surface area contributed by atoms with Crippen LogP contribution in [0.5, 0.6) is 0 Å². The van der Waals surface area contributed by atoms with Gasteiger partial charge in [0.1, 0.15) is 0 Å². The van der Waals surface area contributed by atoms with Crippen LogP contribution in [0.15, 0.2) is 35.3 Å². The molecule has 130 valence electrons. The molecule has 0 fully saturated rings. The number of halogens is 1. The predicted octanol–water partition coefficient (Wildman–Crippen LogP) is 2.78. The Labute approximate surface area is 153 Å². The highest BCUT2D eigenvalue weighted by Gasteiger charge is 2.51. The molecule has 3 rings (SSSR count). The van der Waals surface area contributed by atoms with Gasteiger partial charge in [0, 0.05) is 22.3 Å². The van der Waals surface area contributed by atoms with Crippen molar-refractivity contribution < 1.29 is 14.7 Å². The van der Waals surface area contributed by atoms with Crippen molar-refractivity contribution in [2.75, 3.05) is 11.4 Å². The maximum absolute atomic E-state index is 12.9. The Balaban J connectivity index is 2.05. The van der Waals surface area contributed by atoms with E-state index in [0.29, 0.717) is 28.2 Å². The molecule has 0 radical (unpaired) electrons. The summed E-state index contributed by atoms with van der Waals surface area (Å²) < 4.78 is 0.723. The third-order valence-corrected chi connectivity index (χ3v) is 4.92. The van der Waals surface area contributed by atoms with Crippen LogP contribution in [0.4, 0.5) is 5.69 Å².